The first-order valence-electron chi connectivity index (χ1n) is 18.4. The van der Waals surface area contributed by atoms with E-state index in [1.807, 2.05) is 60.7 Å². The third-order valence-electron chi connectivity index (χ3n) is 11.6. The third kappa shape index (κ3) is 4.34. The third-order valence-corrected chi connectivity index (χ3v) is 11.6. The zero-order valence-electron chi connectivity index (χ0n) is 29.5. The van der Waals surface area contributed by atoms with Gasteiger partial charge in [0.2, 0.25) is 0 Å². The van der Waals surface area contributed by atoms with Gasteiger partial charge in [-0.1, -0.05) is 135 Å². The Bertz CT molecular complexity index is 2700. The highest BCUT2D eigenvalue weighted by Gasteiger charge is 2.49. The first-order valence-corrected chi connectivity index (χ1v) is 18.4. The summed E-state index contributed by atoms with van der Waals surface area (Å²) < 4.78 is 2.43. The smallest absolute Gasteiger partial charge is 0.164 e. The van der Waals surface area contributed by atoms with E-state index in [0.29, 0.717) is 17.5 Å². The predicted molar refractivity (Wildman–Crippen MR) is 215 cm³/mol. The van der Waals surface area contributed by atoms with Crippen molar-refractivity contribution < 1.29 is 0 Å². The van der Waals surface area contributed by atoms with Crippen molar-refractivity contribution in [3.05, 3.63) is 186 Å². The fourth-order valence-electron chi connectivity index (χ4n) is 9.15. The Kier molecular flexibility index (Phi) is 6.36. The zero-order valence-corrected chi connectivity index (χ0v) is 29.5. The summed E-state index contributed by atoms with van der Waals surface area (Å²) in [6.45, 7) is 4.75. The van der Waals surface area contributed by atoms with Gasteiger partial charge in [0.15, 0.2) is 17.5 Å². The summed E-state index contributed by atoms with van der Waals surface area (Å²) in [6.07, 6.45) is 4.81. The second kappa shape index (κ2) is 11.2. The van der Waals surface area contributed by atoms with Gasteiger partial charge in [-0.05, 0) is 59.2 Å². The standard InChI is InChI=1S/C48H35N5/c1-48(2)37-20-10-12-23-40(37)53-43-34(19-13-21-38(43)48)35-28-29-41-42(44(35)53)36-18-9-11-22-39(36)52(41)33-26-24-32(25-27-33)47-50-45(30-14-5-3-6-15-30)49-46(51-47)31-16-7-4-8-17-31/h3-29,35,44H,1-2H3. The molecule has 2 aliphatic heterocycles. The summed E-state index contributed by atoms with van der Waals surface area (Å²) in [7, 11) is 0. The number of nitrogens with zero attached hydrogens (tertiary/aromatic N) is 5. The van der Waals surface area contributed by atoms with E-state index in [0.717, 1.165) is 22.4 Å². The van der Waals surface area contributed by atoms with Crippen molar-refractivity contribution in [2.24, 2.45) is 0 Å². The van der Waals surface area contributed by atoms with Crippen LogP contribution in [0, 0.1) is 0 Å². The van der Waals surface area contributed by atoms with Gasteiger partial charge in [0, 0.05) is 56.0 Å². The Hall–Kier alpha value is -6.59. The molecule has 2 aromatic heterocycles. The molecule has 0 saturated carbocycles. The number of para-hydroxylation sites is 3. The van der Waals surface area contributed by atoms with E-state index in [-0.39, 0.29) is 17.4 Å². The highest BCUT2D eigenvalue weighted by atomic mass is 15.2. The summed E-state index contributed by atoms with van der Waals surface area (Å²) in [5.74, 6) is 2.22. The quantitative estimate of drug-likeness (QED) is 0.185. The molecule has 0 bridgehead atoms. The summed E-state index contributed by atoms with van der Waals surface area (Å²) in [5.41, 5.74) is 14.6. The summed E-state index contributed by atoms with van der Waals surface area (Å²) in [5, 5.41) is 1.29. The van der Waals surface area contributed by atoms with Crippen LogP contribution in [0.25, 0.3) is 56.8 Å². The van der Waals surface area contributed by atoms with Gasteiger partial charge < -0.3 is 9.47 Å². The van der Waals surface area contributed by atoms with Crippen LogP contribution in [0.4, 0.5) is 11.4 Å². The van der Waals surface area contributed by atoms with Crippen molar-refractivity contribution in [2.75, 3.05) is 4.90 Å². The lowest BCUT2D eigenvalue weighted by molar-refractivity contribution is 0.607. The van der Waals surface area contributed by atoms with Crippen LogP contribution in [0.2, 0.25) is 0 Å². The fraction of sp³-hybridized carbons (Fsp3) is 0.104. The molecule has 4 heterocycles. The number of hydrogen-bond donors (Lipinski definition) is 0. The van der Waals surface area contributed by atoms with Crippen LogP contribution in [0.1, 0.15) is 53.8 Å². The highest BCUT2D eigenvalue weighted by Crippen LogP contribution is 2.63. The number of anilines is 2. The Balaban J connectivity index is 1.06. The summed E-state index contributed by atoms with van der Waals surface area (Å²) in [4.78, 5) is 17.5. The Labute approximate surface area is 308 Å². The normalized spacial score (nSPS) is 17.3. The maximum atomic E-state index is 4.98. The second-order valence-electron chi connectivity index (χ2n) is 14.8. The van der Waals surface area contributed by atoms with E-state index < -0.39 is 0 Å². The molecule has 0 amide bonds. The zero-order chi connectivity index (χ0) is 35.3. The average molecular weight is 682 g/mol. The lowest BCUT2D eigenvalue weighted by atomic mass is 9.73. The van der Waals surface area contributed by atoms with E-state index in [9.17, 15) is 0 Å². The molecule has 3 aliphatic rings. The van der Waals surface area contributed by atoms with Crippen LogP contribution in [0.3, 0.4) is 0 Å². The largest absolute Gasteiger partial charge is 0.332 e. The molecule has 0 spiro atoms. The topological polar surface area (TPSA) is 46.8 Å². The fourth-order valence-corrected chi connectivity index (χ4v) is 9.15. The van der Waals surface area contributed by atoms with Crippen molar-refractivity contribution in [1.82, 2.24) is 19.5 Å². The van der Waals surface area contributed by atoms with E-state index in [4.69, 9.17) is 15.0 Å². The number of hydrogen-bond acceptors (Lipinski definition) is 4. The van der Waals surface area contributed by atoms with Crippen molar-refractivity contribution >= 4 is 28.4 Å². The number of rotatable bonds is 4. The first-order chi connectivity index (χ1) is 26.1. The molecular formula is C48H35N5. The number of benzene rings is 6. The van der Waals surface area contributed by atoms with Crippen LogP contribution in [0.15, 0.2) is 158 Å². The molecule has 1 aliphatic carbocycles. The molecule has 0 fully saturated rings. The van der Waals surface area contributed by atoms with Gasteiger partial charge in [0.1, 0.15) is 0 Å². The first kappa shape index (κ1) is 30.1. The van der Waals surface area contributed by atoms with Crippen LogP contribution in [-0.4, -0.2) is 19.5 Å². The Morgan fingerprint density at radius 3 is 1.83 bits per heavy atom. The minimum atomic E-state index is -0.0868. The molecule has 2 atom stereocenters. The molecule has 5 nitrogen and oxygen atoms in total. The van der Waals surface area contributed by atoms with Gasteiger partial charge >= 0.3 is 0 Å². The minimum absolute atomic E-state index is 0.0868. The van der Waals surface area contributed by atoms with Crippen LogP contribution < -0.4 is 4.90 Å². The van der Waals surface area contributed by atoms with E-state index in [1.165, 1.54) is 50.2 Å². The van der Waals surface area contributed by atoms with Gasteiger partial charge in [-0.3, -0.25) is 0 Å². The SMILES string of the molecule is CC1(C)c2ccccc2N2c3c(cccc31)C1C=Cc3c(c4ccccc4n3-c3ccc(-c4nc(-c5ccccc5)nc(-c5ccccc5)n4)cc3)C12. The average Bonchev–Trinajstić information content (AvgIpc) is 3.74. The predicted octanol–water partition coefficient (Wildman–Crippen LogP) is 11.5. The number of fused-ring (bicyclic) bond motifs is 9. The van der Waals surface area contributed by atoms with E-state index in [1.54, 1.807) is 0 Å². The molecule has 8 aromatic rings. The molecule has 5 heteroatoms. The Morgan fingerprint density at radius 1 is 0.547 bits per heavy atom. The van der Waals surface area contributed by atoms with E-state index >= 15 is 0 Å². The number of aromatic nitrogens is 4. The Morgan fingerprint density at radius 2 is 1.13 bits per heavy atom. The molecule has 0 radical (unpaired) electrons. The molecule has 2 unspecified atom stereocenters. The lowest BCUT2D eigenvalue weighted by Crippen LogP contribution is -2.33. The molecule has 53 heavy (non-hydrogen) atoms. The summed E-state index contributed by atoms with van der Waals surface area (Å²) >= 11 is 0. The monoisotopic (exact) mass is 681 g/mol. The molecule has 11 rings (SSSR count). The lowest BCUT2D eigenvalue weighted by Gasteiger charge is -2.43. The van der Waals surface area contributed by atoms with Gasteiger partial charge in [-0.25, -0.2) is 15.0 Å². The van der Waals surface area contributed by atoms with Gasteiger partial charge in [-0.15, -0.1) is 0 Å². The summed E-state index contributed by atoms with van der Waals surface area (Å²) in [6, 6.07) is 54.0. The highest BCUT2D eigenvalue weighted by molar-refractivity contribution is 5.95. The van der Waals surface area contributed by atoms with Crippen molar-refractivity contribution in [2.45, 2.75) is 31.2 Å². The maximum Gasteiger partial charge on any atom is 0.164 e. The van der Waals surface area contributed by atoms with Gasteiger partial charge in [-0.2, -0.15) is 0 Å². The van der Waals surface area contributed by atoms with E-state index in [2.05, 4.69) is 126 Å². The van der Waals surface area contributed by atoms with Crippen LogP contribution >= 0.6 is 0 Å². The maximum absolute atomic E-state index is 4.98. The molecule has 6 aromatic carbocycles. The van der Waals surface area contributed by atoms with Crippen molar-refractivity contribution in [3.63, 3.8) is 0 Å². The van der Waals surface area contributed by atoms with Crippen LogP contribution in [0.5, 0.6) is 0 Å². The van der Waals surface area contributed by atoms with Crippen molar-refractivity contribution in [1.29, 1.82) is 0 Å². The molecule has 252 valence electrons. The molecule has 0 N–H and O–H groups in total. The second-order valence-corrected chi connectivity index (χ2v) is 14.8. The minimum Gasteiger partial charge on any atom is -0.332 e. The van der Waals surface area contributed by atoms with Gasteiger partial charge in [0.25, 0.3) is 0 Å². The molecular weight excluding hydrogens is 647 g/mol. The van der Waals surface area contributed by atoms with Crippen molar-refractivity contribution in [3.8, 4) is 39.9 Å². The van der Waals surface area contributed by atoms with Crippen LogP contribution in [-0.2, 0) is 5.41 Å². The molecule has 0 saturated heterocycles. The van der Waals surface area contributed by atoms with Gasteiger partial charge in [0.05, 0.1) is 17.3 Å².